The number of nitriles is 1. The Bertz CT molecular complexity index is 447. The van der Waals surface area contributed by atoms with E-state index in [1.807, 2.05) is 12.1 Å². The van der Waals surface area contributed by atoms with E-state index < -0.39 is 5.97 Å². The van der Waals surface area contributed by atoms with Crippen molar-refractivity contribution in [3.8, 4) is 6.07 Å². The van der Waals surface area contributed by atoms with Crippen molar-refractivity contribution in [2.75, 3.05) is 18.0 Å². The molecule has 1 aromatic rings. The Morgan fingerprint density at radius 1 is 1.47 bits per heavy atom. The summed E-state index contributed by atoms with van der Waals surface area (Å²) in [6.07, 6.45) is 1.17. The molecule has 0 aliphatic carbocycles. The highest BCUT2D eigenvalue weighted by Crippen LogP contribution is 2.25. The van der Waals surface area contributed by atoms with E-state index in [0.717, 1.165) is 25.2 Å². The summed E-state index contributed by atoms with van der Waals surface area (Å²) >= 11 is 0. The van der Waals surface area contributed by atoms with Crippen LogP contribution in [0.2, 0.25) is 0 Å². The van der Waals surface area contributed by atoms with Crippen LogP contribution >= 0.6 is 0 Å². The third-order valence-electron chi connectivity index (χ3n) is 3.11. The molecular weight excluding hydrogens is 216 g/mol. The van der Waals surface area contributed by atoms with Gasteiger partial charge >= 0.3 is 5.97 Å². The molecule has 1 atom stereocenters. The molecule has 0 bridgehead atoms. The molecule has 4 heteroatoms. The Balaban J connectivity index is 2.00. The second kappa shape index (κ2) is 4.88. The van der Waals surface area contributed by atoms with E-state index in [2.05, 4.69) is 11.0 Å². The fraction of sp³-hybridized carbons (Fsp3) is 0.385. The van der Waals surface area contributed by atoms with Crippen LogP contribution in [-0.4, -0.2) is 24.2 Å². The van der Waals surface area contributed by atoms with Gasteiger partial charge in [-0.15, -0.1) is 0 Å². The Labute approximate surface area is 100 Å². The van der Waals surface area contributed by atoms with Gasteiger partial charge in [0, 0.05) is 25.2 Å². The van der Waals surface area contributed by atoms with Gasteiger partial charge in [0.1, 0.15) is 0 Å². The topological polar surface area (TPSA) is 64.3 Å². The molecule has 1 aliphatic rings. The number of hydrogen-bond acceptors (Lipinski definition) is 3. The lowest BCUT2D eigenvalue weighted by Crippen LogP contribution is -2.20. The molecule has 4 nitrogen and oxygen atoms in total. The summed E-state index contributed by atoms with van der Waals surface area (Å²) in [5.41, 5.74) is 1.71. The largest absolute Gasteiger partial charge is 0.481 e. The number of hydrogen-bond donors (Lipinski definition) is 1. The van der Waals surface area contributed by atoms with Crippen molar-refractivity contribution < 1.29 is 9.90 Å². The van der Waals surface area contributed by atoms with E-state index in [1.54, 1.807) is 12.1 Å². The van der Waals surface area contributed by atoms with Gasteiger partial charge in [-0.05, 0) is 36.6 Å². The molecule has 0 saturated carbocycles. The number of carboxylic acids is 1. The number of aliphatic carboxylic acids is 1. The van der Waals surface area contributed by atoms with Crippen LogP contribution in [0.25, 0.3) is 0 Å². The van der Waals surface area contributed by atoms with Crippen LogP contribution in [0, 0.1) is 17.2 Å². The molecule has 0 spiro atoms. The fourth-order valence-corrected chi connectivity index (χ4v) is 2.23. The average Bonchev–Trinajstić information content (AvgIpc) is 2.77. The van der Waals surface area contributed by atoms with Crippen LogP contribution in [0.4, 0.5) is 5.69 Å². The van der Waals surface area contributed by atoms with Crippen molar-refractivity contribution in [1.82, 2.24) is 0 Å². The Morgan fingerprint density at radius 2 is 2.18 bits per heavy atom. The zero-order chi connectivity index (χ0) is 12.3. The summed E-state index contributed by atoms with van der Waals surface area (Å²) in [5.74, 6) is -0.486. The molecule has 1 aromatic carbocycles. The van der Waals surface area contributed by atoms with Gasteiger partial charge < -0.3 is 10.0 Å². The van der Waals surface area contributed by atoms with E-state index in [4.69, 9.17) is 10.4 Å². The van der Waals surface area contributed by atoms with Crippen LogP contribution in [0.3, 0.4) is 0 Å². The normalized spacial score (nSPS) is 19.0. The number of carbonyl (C=O) groups is 1. The first-order valence-electron chi connectivity index (χ1n) is 5.66. The van der Waals surface area contributed by atoms with Crippen LogP contribution in [0.15, 0.2) is 24.3 Å². The lowest BCUT2D eigenvalue weighted by molar-refractivity contribution is -0.137. The maximum Gasteiger partial charge on any atom is 0.303 e. The minimum atomic E-state index is -0.725. The highest BCUT2D eigenvalue weighted by atomic mass is 16.4. The highest BCUT2D eigenvalue weighted by Gasteiger charge is 2.24. The second-order valence-corrected chi connectivity index (χ2v) is 4.36. The molecule has 88 valence electrons. The summed E-state index contributed by atoms with van der Waals surface area (Å²) in [4.78, 5) is 12.8. The zero-order valence-electron chi connectivity index (χ0n) is 9.47. The molecule has 1 unspecified atom stereocenters. The summed E-state index contributed by atoms with van der Waals surface area (Å²) in [7, 11) is 0. The summed E-state index contributed by atoms with van der Waals surface area (Å²) in [5, 5.41) is 17.5. The number of nitrogens with zero attached hydrogens (tertiary/aromatic N) is 2. The maximum absolute atomic E-state index is 10.6. The van der Waals surface area contributed by atoms with E-state index >= 15 is 0 Å². The standard InChI is InChI=1S/C13H14N2O2/c14-8-10-1-3-12(4-2-10)15-6-5-11(9-15)7-13(16)17/h1-4,11H,5-7,9H2,(H,16,17). The van der Waals surface area contributed by atoms with E-state index in [9.17, 15) is 4.79 Å². The van der Waals surface area contributed by atoms with Gasteiger partial charge in [0.2, 0.25) is 0 Å². The molecule has 1 saturated heterocycles. The minimum Gasteiger partial charge on any atom is -0.481 e. The molecule has 1 heterocycles. The van der Waals surface area contributed by atoms with Crippen molar-refractivity contribution in [2.24, 2.45) is 5.92 Å². The highest BCUT2D eigenvalue weighted by molar-refractivity contribution is 5.67. The Morgan fingerprint density at radius 3 is 2.76 bits per heavy atom. The Kier molecular flexibility index (Phi) is 3.29. The first-order chi connectivity index (χ1) is 8.19. The Hall–Kier alpha value is -2.02. The summed E-state index contributed by atoms with van der Waals surface area (Å²) < 4.78 is 0. The monoisotopic (exact) mass is 230 g/mol. The van der Waals surface area contributed by atoms with Crippen molar-refractivity contribution >= 4 is 11.7 Å². The van der Waals surface area contributed by atoms with Crippen LogP contribution in [-0.2, 0) is 4.79 Å². The van der Waals surface area contributed by atoms with Crippen molar-refractivity contribution in [3.63, 3.8) is 0 Å². The van der Waals surface area contributed by atoms with Crippen molar-refractivity contribution in [2.45, 2.75) is 12.8 Å². The molecule has 1 fully saturated rings. The van der Waals surface area contributed by atoms with E-state index in [0.29, 0.717) is 5.56 Å². The minimum absolute atomic E-state index is 0.239. The second-order valence-electron chi connectivity index (χ2n) is 4.36. The lowest BCUT2D eigenvalue weighted by atomic mass is 10.1. The molecule has 0 aromatic heterocycles. The first-order valence-corrected chi connectivity index (χ1v) is 5.66. The van der Waals surface area contributed by atoms with Gasteiger partial charge in [-0.3, -0.25) is 4.79 Å². The summed E-state index contributed by atoms with van der Waals surface area (Å²) in [6.45, 7) is 1.68. The van der Waals surface area contributed by atoms with Gasteiger partial charge in [-0.2, -0.15) is 5.26 Å². The number of benzene rings is 1. The smallest absolute Gasteiger partial charge is 0.303 e. The third-order valence-corrected chi connectivity index (χ3v) is 3.11. The van der Waals surface area contributed by atoms with Gasteiger partial charge in [0.05, 0.1) is 11.6 Å². The summed E-state index contributed by atoms with van der Waals surface area (Å²) in [6, 6.07) is 9.50. The van der Waals surface area contributed by atoms with Gasteiger partial charge in [-0.1, -0.05) is 0 Å². The molecule has 0 amide bonds. The predicted molar refractivity (Wildman–Crippen MR) is 63.7 cm³/mol. The van der Waals surface area contributed by atoms with E-state index in [1.165, 1.54) is 0 Å². The molecular formula is C13H14N2O2. The molecule has 17 heavy (non-hydrogen) atoms. The third kappa shape index (κ3) is 2.76. The van der Waals surface area contributed by atoms with Crippen LogP contribution in [0.1, 0.15) is 18.4 Å². The molecule has 2 rings (SSSR count). The first kappa shape index (κ1) is 11.5. The quantitative estimate of drug-likeness (QED) is 0.860. The van der Waals surface area contributed by atoms with Gasteiger partial charge in [0.15, 0.2) is 0 Å². The zero-order valence-corrected chi connectivity index (χ0v) is 9.47. The van der Waals surface area contributed by atoms with Gasteiger partial charge in [-0.25, -0.2) is 0 Å². The molecule has 0 radical (unpaired) electrons. The van der Waals surface area contributed by atoms with Gasteiger partial charge in [0.25, 0.3) is 0 Å². The number of anilines is 1. The van der Waals surface area contributed by atoms with Crippen molar-refractivity contribution in [1.29, 1.82) is 5.26 Å². The number of carboxylic acid groups (broad SMARTS) is 1. The van der Waals surface area contributed by atoms with Crippen LogP contribution < -0.4 is 4.90 Å². The van der Waals surface area contributed by atoms with Crippen LogP contribution in [0.5, 0.6) is 0 Å². The molecule has 1 N–H and O–H groups in total. The van der Waals surface area contributed by atoms with E-state index in [-0.39, 0.29) is 12.3 Å². The van der Waals surface area contributed by atoms with Crippen molar-refractivity contribution in [3.05, 3.63) is 29.8 Å². The fourth-order valence-electron chi connectivity index (χ4n) is 2.23. The average molecular weight is 230 g/mol. The number of rotatable bonds is 3. The SMILES string of the molecule is N#Cc1ccc(N2CCC(CC(=O)O)C2)cc1. The maximum atomic E-state index is 10.6. The molecule has 1 aliphatic heterocycles. The predicted octanol–water partition coefficient (Wildman–Crippen LogP) is 1.86. The lowest BCUT2D eigenvalue weighted by Gasteiger charge is -2.18.